The first-order valence-corrected chi connectivity index (χ1v) is 22.0. The number of phenols is 1. The average Bonchev–Trinajstić information content (AvgIpc) is 3.23. The van der Waals surface area contributed by atoms with Gasteiger partial charge in [0.05, 0.1) is 38.1 Å². The highest BCUT2D eigenvalue weighted by molar-refractivity contribution is 5.44. The summed E-state index contributed by atoms with van der Waals surface area (Å²) in [6.07, 6.45) is 21.2. The van der Waals surface area contributed by atoms with E-state index in [4.69, 9.17) is 14.2 Å². The van der Waals surface area contributed by atoms with Crippen LogP contribution in [0.1, 0.15) is 188 Å². The Hall–Kier alpha value is -3.44. The normalized spacial score (nSPS) is 13.1. The van der Waals surface area contributed by atoms with Crippen LogP contribution in [0.15, 0.2) is 103 Å². The van der Waals surface area contributed by atoms with Crippen LogP contribution < -0.4 is 0 Å². The number of aromatic hydroxyl groups is 1. The van der Waals surface area contributed by atoms with E-state index in [-0.39, 0.29) is 24.1 Å². The number of hydrogen-bond donors (Lipinski definition) is 1. The van der Waals surface area contributed by atoms with E-state index in [1.165, 1.54) is 93.7 Å². The van der Waals surface area contributed by atoms with Crippen molar-refractivity contribution < 1.29 is 19.3 Å². The Kier molecular flexibility index (Phi) is 21.9. The summed E-state index contributed by atoms with van der Waals surface area (Å²) in [7, 11) is 0. The Labute approximate surface area is 335 Å². The van der Waals surface area contributed by atoms with Crippen LogP contribution in [0.4, 0.5) is 0 Å². The zero-order valence-corrected chi connectivity index (χ0v) is 34.6. The number of benzene rings is 4. The zero-order valence-electron chi connectivity index (χ0n) is 34.6. The van der Waals surface area contributed by atoms with Crippen molar-refractivity contribution in [3.63, 3.8) is 0 Å². The maximum Gasteiger partial charge on any atom is 0.121 e. The smallest absolute Gasteiger partial charge is 0.121 e. The van der Waals surface area contributed by atoms with E-state index in [9.17, 15) is 5.11 Å². The van der Waals surface area contributed by atoms with E-state index in [1.54, 1.807) is 0 Å². The molecule has 0 radical (unpaired) electrons. The van der Waals surface area contributed by atoms with Gasteiger partial charge in [0.1, 0.15) is 5.75 Å². The maximum absolute atomic E-state index is 11.5. The molecule has 0 aromatic heterocycles. The molecule has 3 atom stereocenters. The van der Waals surface area contributed by atoms with Gasteiger partial charge in [0, 0.05) is 5.56 Å². The molecule has 4 rings (SSSR count). The number of unbranched alkanes of at least 4 members (excludes halogenated alkanes) is 12. The summed E-state index contributed by atoms with van der Waals surface area (Å²) in [5.41, 5.74) is 6.44. The summed E-state index contributed by atoms with van der Waals surface area (Å²) < 4.78 is 20.6. The number of hydrogen-bond acceptors (Lipinski definition) is 4. The molecule has 1 N–H and O–H groups in total. The minimum atomic E-state index is -0.0498. The molecule has 4 heteroatoms. The predicted molar refractivity (Wildman–Crippen MR) is 230 cm³/mol. The van der Waals surface area contributed by atoms with Gasteiger partial charge in [-0.3, -0.25) is 0 Å². The van der Waals surface area contributed by atoms with Crippen LogP contribution in [0.2, 0.25) is 0 Å². The third-order valence-electron chi connectivity index (χ3n) is 11.0. The highest BCUT2D eigenvalue weighted by Crippen LogP contribution is 2.35. The van der Waals surface area contributed by atoms with Crippen molar-refractivity contribution in [2.24, 2.45) is 0 Å². The van der Waals surface area contributed by atoms with Crippen molar-refractivity contribution in [1.29, 1.82) is 0 Å². The Morgan fingerprint density at radius 3 is 1.11 bits per heavy atom. The summed E-state index contributed by atoms with van der Waals surface area (Å²) in [5, 5.41) is 11.5. The molecular formula is C51H72O4. The van der Waals surface area contributed by atoms with Crippen molar-refractivity contribution in [2.45, 2.75) is 174 Å². The van der Waals surface area contributed by atoms with Crippen molar-refractivity contribution >= 4 is 0 Å². The lowest BCUT2D eigenvalue weighted by molar-refractivity contribution is 0.0151. The van der Waals surface area contributed by atoms with E-state index >= 15 is 0 Å². The molecule has 4 nitrogen and oxygen atoms in total. The maximum atomic E-state index is 11.5. The molecule has 55 heavy (non-hydrogen) atoms. The van der Waals surface area contributed by atoms with Gasteiger partial charge in [0.15, 0.2) is 0 Å². The van der Waals surface area contributed by atoms with Gasteiger partial charge in [-0.2, -0.15) is 0 Å². The van der Waals surface area contributed by atoms with Gasteiger partial charge in [0.25, 0.3) is 0 Å². The minimum absolute atomic E-state index is 0.000422. The molecule has 0 heterocycles. The van der Waals surface area contributed by atoms with Crippen LogP contribution >= 0.6 is 0 Å². The fraction of sp³-hybridized carbons (Fsp3) is 0.529. The summed E-state index contributed by atoms with van der Waals surface area (Å²) in [6.45, 7) is 7.90. The quantitative estimate of drug-likeness (QED) is 0.0540. The zero-order chi connectivity index (χ0) is 38.8. The van der Waals surface area contributed by atoms with Crippen molar-refractivity contribution in [1.82, 2.24) is 0 Å². The second-order valence-electron chi connectivity index (χ2n) is 15.4. The molecule has 3 unspecified atom stereocenters. The summed E-state index contributed by atoms with van der Waals surface area (Å²) in [4.78, 5) is 0. The lowest BCUT2D eigenvalue weighted by atomic mass is 9.98. The largest absolute Gasteiger partial charge is 0.508 e. The molecule has 0 aliphatic rings. The molecule has 4 aromatic rings. The molecule has 0 aliphatic carbocycles. The van der Waals surface area contributed by atoms with Crippen molar-refractivity contribution in [3.05, 3.63) is 137 Å². The fourth-order valence-electron chi connectivity index (χ4n) is 7.61. The molecule has 0 amide bonds. The molecule has 300 valence electrons. The average molecular weight is 749 g/mol. The van der Waals surface area contributed by atoms with Crippen LogP contribution in [0, 0.1) is 0 Å². The summed E-state index contributed by atoms with van der Waals surface area (Å²) >= 11 is 0. The van der Waals surface area contributed by atoms with Crippen LogP contribution in [0.5, 0.6) is 5.75 Å². The summed E-state index contributed by atoms with van der Waals surface area (Å²) in [6, 6.07) is 35.8. The Morgan fingerprint density at radius 2 is 0.727 bits per heavy atom. The van der Waals surface area contributed by atoms with Crippen LogP contribution in [-0.2, 0) is 34.0 Å². The first-order chi connectivity index (χ1) is 27.1. The SMILES string of the molecule is CCCCCCCC(OCc1ccc(O)c(COC(CCCCCCC)c2ccccc2)c1COC(CCCCCCC)c1ccccc1)c1ccccc1. The molecule has 0 bridgehead atoms. The molecule has 0 spiro atoms. The monoisotopic (exact) mass is 749 g/mol. The first-order valence-electron chi connectivity index (χ1n) is 22.0. The van der Waals surface area contributed by atoms with E-state index in [1.807, 2.05) is 12.1 Å². The van der Waals surface area contributed by atoms with Gasteiger partial charge in [-0.25, -0.2) is 0 Å². The van der Waals surface area contributed by atoms with Crippen LogP contribution in [-0.4, -0.2) is 5.11 Å². The molecule has 4 aromatic carbocycles. The standard InChI is InChI=1S/C51H72O4/c1-4-7-10-13-25-34-49(42-28-19-16-20-29-42)53-39-45-37-38-48(52)47(41-55-51(36-27-15-12-9-6-3)44-32-23-18-24-33-44)46(45)40-54-50(35-26-14-11-8-5-2)43-30-21-17-22-31-43/h16-24,28-33,37-38,49-52H,4-15,25-27,34-36,39-41H2,1-3H3. The van der Waals surface area contributed by atoms with Gasteiger partial charge in [-0.1, -0.05) is 214 Å². The number of ether oxygens (including phenoxy) is 3. The molecule has 0 saturated heterocycles. The van der Waals surface area contributed by atoms with Gasteiger partial charge >= 0.3 is 0 Å². The molecule has 0 aliphatic heterocycles. The fourth-order valence-corrected chi connectivity index (χ4v) is 7.61. The Morgan fingerprint density at radius 1 is 0.382 bits per heavy atom. The van der Waals surface area contributed by atoms with E-state index in [2.05, 4.69) is 112 Å². The minimum Gasteiger partial charge on any atom is -0.508 e. The second-order valence-corrected chi connectivity index (χ2v) is 15.4. The first kappa shape index (κ1) is 44.3. The molecule has 0 fully saturated rings. The van der Waals surface area contributed by atoms with E-state index in [0.717, 1.165) is 55.2 Å². The number of rotatable bonds is 30. The third kappa shape index (κ3) is 16.3. The van der Waals surface area contributed by atoms with Gasteiger partial charge in [-0.15, -0.1) is 0 Å². The van der Waals surface area contributed by atoms with Crippen LogP contribution in [0.3, 0.4) is 0 Å². The summed E-state index contributed by atoms with van der Waals surface area (Å²) in [5.74, 6) is 0.253. The Balaban J connectivity index is 1.61. The molecular weight excluding hydrogens is 677 g/mol. The highest BCUT2D eigenvalue weighted by atomic mass is 16.5. The Bertz CT molecular complexity index is 1520. The lowest BCUT2D eigenvalue weighted by Crippen LogP contribution is -2.12. The lowest BCUT2D eigenvalue weighted by Gasteiger charge is -2.25. The predicted octanol–water partition coefficient (Wildman–Crippen LogP) is 15.2. The topological polar surface area (TPSA) is 47.9 Å². The van der Waals surface area contributed by atoms with E-state index < -0.39 is 0 Å². The third-order valence-corrected chi connectivity index (χ3v) is 11.0. The highest BCUT2D eigenvalue weighted by Gasteiger charge is 2.21. The second kappa shape index (κ2) is 27.2. The van der Waals surface area contributed by atoms with Crippen molar-refractivity contribution in [3.8, 4) is 5.75 Å². The van der Waals surface area contributed by atoms with Crippen molar-refractivity contribution in [2.75, 3.05) is 0 Å². The van der Waals surface area contributed by atoms with Crippen LogP contribution in [0.25, 0.3) is 0 Å². The number of phenolic OH excluding ortho intramolecular Hbond substituents is 1. The van der Waals surface area contributed by atoms with Gasteiger partial charge in [-0.05, 0) is 53.1 Å². The van der Waals surface area contributed by atoms with Gasteiger partial charge < -0.3 is 19.3 Å². The molecule has 0 saturated carbocycles. The van der Waals surface area contributed by atoms with Gasteiger partial charge in [0.2, 0.25) is 0 Å². The van der Waals surface area contributed by atoms with E-state index in [0.29, 0.717) is 19.8 Å².